The Balaban J connectivity index is 1.86. The van der Waals surface area contributed by atoms with Gasteiger partial charge in [0.05, 0.1) is 18.5 Å². The molecule has 1 aliphatic rings. The van der Waals surface area contributed by atoms with Crippen LogP contribution in [0, 0.1) is 6.92 Å². The van der Waals surface area contributed by atoms with Gasteiger partial charge in [-0.25, -0.2) is 9.78 Å². The van der Waals surface area contributed by atoms with Crippen LogP contribution < -0.4 is 10.2 Å². The summed E-state index contributed by atoms with van der Waals surface area (Å²) >= 11 is 7.63. The molecule has 0 saturated carbocycles. The van der Waals surface area contributed by atoms with Crippen molar-refractivity contribution in [3.63, 3.8) is 0 Å². The highest BCUT2D eigenvalue weighted by molar-refractivity contribution is 7.18. The van der Waals surface area contributed by atoms with Crippen molar-refractivity contribution < 1.29 is 9.53 Å². The summed E-state index contributed by atoms with van der Waals surface area (Å²) < 4.78 is 4.63. The first-order valence-corrected chi connectivity index (χ1v) is 7.79. The van der Waals surface area contributed by atoms with Crippen LogP contribution in [0.4, 0.5) is 10.6 Å². The van der Waals surface area contributed by atoms with Gasteiger partial charge >= 0.3 is 6.09 Å². The number of hydrogen-bond donors (Lipinski definition) is 1. The highest BCUT2D eigenvalue weighted by Gasteiger charge is 2.27. The van der Waals surface area contributed by atoms with Crippen molar-refractivity contribution in [1.29, 1.82) is 0 Å². The molecule has 0 bridgehead atoms. The summed E-state index contributed by atoms with van der Waals surface area (Å²) in [5.41, 5.74) is 0. The molecule has 1 N–H and O–H groups in total. The molecule has 6 nitrogen and oxygen atoms in total. The van der Waals surface area contributed by atoms with E-state index < -0.39 is 6.09 Å². The van der Waals surface area contributed by atoms with E-state index in [1.807, 2.05) is 6.92 Å². The summed E-state index contributed by atoms with van der Waals surface area (Å²) in [4.78, 5) is 24.1. The molecule has 1 atom stereocenters. The van der Waals surface area contributed by atoms with Gasteiger partial charge in [-0.15, -0.1) is 11.3 Å². The van der Waals surface area contributed by atoms with E-state index >= 15 is 0 Å². The molecular formula is C13H15ClN4O2S. The number of carbonyl (C=O) groups is 1. The fourth-order valence-corrected chi connectivity index (χ4v) is 3.63. The van der Waals surface area contributed by atoms with E-state index in [1.165, 1.54) is 12.0 Å². The summed E-state index contributed by atoms with van der Waals surface area (Å²) in [7, 11) is 1.37. The Bertz CT molecular complexity index is 690. The van der Waals surface area contributed by atoms with Crippen molar-refractivity contribution >= 4 is 45.1 Å². The van der Waals surface area contributed by atoms with Crippen molar-refractivity contribution in [2.24, 2.45) is 0 Å². The molecule has 0 radical (unpaired) electrons. The lowest BCUT2D eigenvalue weighted by atomic mass is 10.3. The SMILES string of the molecule is COC(=O)NC1CCN(c2nc(Cl)nc3sc(C)cc23)C1. The lowest BCUT2D eigenvalue weighted by Crippen LogP contribution is -2.37. The van der Waals surface area contributed by atoms with Gasteiger partial charge in [0, 0.05) is 18.0 Å². The average molecular weight is 327 g/mol. The zero-order valence-corrected chi connectivity index (χ0v) is 13.3. The van der Waals surface area contributed by atoms with E-state index in [1.54, 1.807) is 11.3 Å². The Morgan fingerprint density at radius 2 is 2.38 bits per heavy atom. The summed E-state index contributed by atoms with van der Waals surface area (Å²) in [6, 6.07) is 2.13. The number of thiophene rings is 1. The zero-order valence-electron chi connectivity index (χ0n) is 11.7. The second-order valence-corrected chi connectivity index (χ2v) is 6.53. The first-order chi connectivity index (χ1) is 10.1. The Kier molecular flexibility index (Phi) is 3.86. The minimum Gasteiger partial charge on any atom is -0.453 e. The molecule has 0 aromatic carbocycles. The molecule has 1 aliphatic heterocycles. The number of hydrogen-bond acceptors (Lipinski definition) is 6. The van der Waals surface area contributed by atoms with Crippen LogP contribution >= 0.6 is 22.9 Å². The maximum absolute atomic E-state index is 11.3. The predicted molar refractivity (Wildman–Crippen MR) is 83.3 cm³/mol. The first-order valence-electron chi connectivity index (χ1n) is 6.60. The summed E-state index contributed by atoms with van der Waals surface area (Å²) in [5, 5.41) is 4.09. The van der Waals surface area contributed by atoms with Crippen LogP contribution in [-0.4, -0.2) is 42.3 Å². The van der Waals surface area contributed by atoms with Crippen molar-refractivity contribution in [3.8, 4) is 0 Å². The number of alkyl carbamates (subject to hydrolysis) is 1. The molecule has 2 aromatic rings. The third-order valence-corrected chi connectivity index (χ3v) is 4.58. The summed E-state index contributed by atoms with van der Waals surface area (Å²) in [6.07, 6.45) is 0.445. The van der Waals surface area contributed by atoms with Crippen molar-refractivity contribution in [2.75, 3.05) is 25.1 Å². The fourth-order valence-electron chi connectivity index (χ4n) is 2.54. The van der Waals surface area contributed by atoms with Gasteiger partial charge in [-0.1, -0.05) is 0 Å². The van der Waals surface area contributed by atoms with E-state index in [4.69, 9.17) is 11.6 Å². The van der Waals surface area contributed by atoms with Crippen LogP contribution in [0.3, 0.4) is 0 Å². The lowest BCUT2D eigenvalue weighted by molar-refractivity contribution is 0.167. The van der Waals surface area contributed by atoms with Crippen LogP contribution in [0.5, 0.6) is 0 Å². The summed E-state index contributed by atoms with van der Waals surface area (Å²) in [6.45, 7) is 3.54. The maximum atomic E-state index is 11.3. The van der Waals surface area contributed by atoms with Gasteiger partial charge in [-0.05, 0) is 31.0 Å². The Morgan fingerprint density at radius 1 is 1.57 bits per heavy atom. The van der Waals surface area contributed by atoms with E-state index in [0.29, 0.717) is 6.54 Å². The second-order valence-electron chi connectivity index (χ2n) is 4.96. The van der Waals surface area contributed by atoms with Gasteiger partial charge in [0.15, 0.2) is 0 Å². The molecule has 0 aliphatic carbocycles. The zero-order chi connectivity index (χ0) is 15.0. The lowest BCUT2D eigenvalue weighted by Gasteiger charge is -2.18. The average Bonchev–Trinajstić information content (AvgIpc) is 3.03. The molecule has 112 valence electrons. The number of aromatic nitrogens is 2. The Labute approximate surface area is 131 Å². The number of nitrogens with zero attached hydrogens (tertiary/aromatic N) is 3. The third kappa shape index (κ3) is 2.89. The number of anilines is 1. The molecule has 1 saturated heterocycles. The number of fused-ring (bicyclic) bond motifs is 1. The first kappa shape index (κ1) is 14.3. The minimum absolute atomic E-state index is 0.0565. The van der Waals surface area contributed by atoms with Crippen LogP contribution in [0.1, 0.15) is 11.3 Å². The molecule has 1 unspecified atom stereocenters. The van der Waals surface area contributed by atoms with Gasteiger partial charge in [-0.2, -0.15) is 4.98 Å². The standard InChI is InChI=1S/C13H15ClN4O2S/c1-7-5-9-10(16-12(14)17-11(9)21-7)18-4-3-8(6-18)15-13(19)20-2/h5,8H,3-4,6H2,1-2H3,(H,15,19). The van der Waals surface area contributed by atoms with Gasteiger partial charge in [0.25, 0.3) is 0 Å². The third-order valence-electron chi connectivity index (χ3n) is 3.46. The maximum Gasteiger partial charge on any atom is 0.407 e. The topological polar surface area (TPSA) is 67.3 Å². The number of ether oxygens (including phenoxy) is 1. The predicted octanol–water partition coefficient (Wildman–Crippen LogP) is 2.59. The fraction of sp³-hybridized carbons (Fsp3) is 0.462. The van der Waals surface area contributed by atoms with Gasteiger partial charge in [0.1, 0.15) is 10.6 Å². The number of aryl methyl sites for hydroxylation is 1. The number of halogens is 1. The van der Waals surface area contributed by atoms with Gasteiger partial charge in [-0.3, -0.25) is 0 Å². The second kappa shape index (κ2) is 5.65. The molecule has 3 heterocycles. The van der Waals surface area contributed by atoms with Crippen LogP contribution in [0.25, 0.3) is 10.2 Å². The highest BCUT2D eigenvalue weighted by atomic mass is 35.5. The normalized spacial score (nSPS) is 18.2. The largest absolute Gasteiger partial charge is 0.453 e. The molecule has 2 aromatic heterocycles. The molecular weight excluding hydrogens is 312 g/mol. The monoisotopic (exact) mass is 326 g/mol. The molecule has 1 fully saturated rings. The molecule has 3 rings (SSSR count). The molecule has 8 heteroatoms. The molecule has 0 spiro atoms. The number of nitrogens with one attached hydrogen (secondary N) is 1. The van der Waals surface area contributed by atoms with Crippen molar-refractivity contribution in [2.45, 2.75) is 19.4 Å². The number of rotatable bonds is 2. The quantitative estimate of drug-likeness (QED) is 0.859. The smallest absolute Gasteiger partial charge is 0.407 e. The van der Waals surface area contributed by atoms with Crippen LogP contribution in [-0.2, 0) is 4.74 Å². The minimum atomic E-state index is -0.404. The van der Waals surface area contributed by atoms with E-state index in [2.05, 4.69) is 31.0 Å². The Hall–Kier alpha value is -1.60. The van der Waals surface area contributed by atoms with Gasteiger partial charge in [0.2, 0.25) is 5.28 Å². The van der Waals surface area contributed by atoms with Crippen LogP contribution in [0.15, 0.2) is 6.07 Å². The molecule has 21 heavy (non-hydrogen) atoms. The number of amides is 1. The summed E-state index contributed by atoms with van der Waals surface area (Å²) in [5.74, 6) is 0.837. The Morgan fingerprint density at radius 3 is 3.14 bits per heavy atom. The van der Waals surface area contributed by atoms with Gasteiger partial charge < -0.3 is 15.0 Å². The van der Waals surface area contributed by atoms with Crippen LogP contribution in [0.2, 0.25) is 5.28 Å². The number of methoxy groups -OCH3 is 1. The van der Waals surface area contributed by atoms with Crippen molar-refractivity contribution in [1.82, 2.24) is 15.3 Å². The van der Waals surface area contributed by atoms with E-state index in [0.717, 1.165) is 29.0 Å². The van der Waals surface area contributed by atoms with E-state index in [9.17, 15) is 4.79 Å². The number of carbonyl (C=O) groups excluding carboxylic acids is 1. The molecule has 1 amide bonds. The van der Waals surface area contributed by atoms with Crippen molar-refractivity contribution in [3.05, 3.63) is 16.2 Å². The highest BCUT2D eigenvalue weighted by Crippen LogP contribution is 2.33. The van der Waals surface area contributed by atoms with E-state index in [-0.39, 0.29) is 11.3 Å².